The first-order valence-electron chi connectivity index (χ1n) is 11.2. The molecule has 10 heteroatoms. The van der Waals surface area contributed by atoms with Gasteiger partial charge in [-0.05, 0) is 87.2 Å². The van der Waals surface area contributed by atoms with Crippen LogP contribution in [0.5, 0.6) is 5.75 Å². The molecular formula is C26H25Br2N3O4S. The Labute approximate surface area is 229 Å². The number of aromatic nitrogens is 1. The number of hydrogen-bond acceptors (Lipinski definition) is 7. The van der Waals surface area contributed by atoms with Crippen LogP contribution >= 0.6 is 43.2 Å². The van der Waals surface area contributed by atoms with Gasteiger partial charge in [-0.2, -0.15) is 0 Å². The normalized spacial score (nSPS) is 15.4. The first kappa shape index (κ1) is 26.4. The van der Waals surface area contributed by atoms with Gasteiger partial charge in [0.15, 0.2) is 4.80 Å². The number of anilines is 1. The van der Waals surface area contributed by atoms with Gasteiger partial charge in [-0.25, -0.2) is 9.79 Å². The third-order valence-corrected chi connectivity index (χ3v) is 8.00. The molecule has 0 spiro atoms. The van der Waals surface area contributed by atoms with Crippen LogP contribution in [-0.4, -0.2) is 38.3 Å². The molecule has 0 saturated heterocycles. The van der Waals surface area contributed by atoms with Crippen LogP contribution in [0.4, 0.5) is 5.69 Å². The second kappa shape index (κ2) is 10.7. The zero-order valence-corrected chi connectivity index (χ0v) is 24.5. The Morgan fingerprint density at radius 3 is 2.56 bits per heavy atom. The largest absolute Gasteiger partial charge is 0.496 e. The third-order valence-electron chi connectivity index (χ3n) is 5.76. The summed E-state index contributed by atoms with van der Waals surface area (Å²) in [6.07, 6.45) is 1.85. The van der Waals surface area contributed by atoms with Gasteiger partial charge in [-0.3, -0.25) is 9.36 Å². The number of methoxy groups -OCH3 is 1. The summed E-state index contributed by atoms with van der Waals surface area (Å²) >= 11 is 8.43. The Kier molecular flexibility index (Phi) is 7.87. The standard InChI is InChI=1S/C26H25Br2N3O4S/c1-6-35-25(33)22-14(2)29-26-31(23(22)16-8-10-20(34-5)18(28)13-16)24(32)21(36-26)12-15-7-9-19(30(3)4)17(27)11-15/h7-13,23H,6H2,1-5H3. The first-order chi connectivity index (χ1) is 17.2. The van der Waals surface area contributed by atoms with Crippen molar-refractivity contribution in [1.82, 2.24) is 4.57 Å². The smallest absolute Gasteiger partial charge is 0.338 e. The lowest BCUT2D eigenvalue weighted by Gasteiger charge is -2.25. The molecule has 2 aromatic carbocycles. The van der Waals surface area contributed by atoms with Crippen molar-refractivity contribution in [3.8, 4) is 5.75 Å². The number of esters is 1. The quantitative estimate of drug-likeness (QED) is 0.376. The van der Waals surface area contributed by atoms with E-state index in [0.717, 1.165) is 21.3 Å². The number of hydrogen-bond donors (Lipinski definition) is 0. The molecule has 1 aliphatic heterocycles. The van der Waals surface area contributed by atoms with Crippen molar-refractivity contribution in [2.45, 2.75) is 19.9 Å². The summed E-state index contributed by atoms with van der Waals surface area (Å²) in [6.45, 7) is 3.74. The summed E-state index contributed by atoms with van der Waals surface area (Å²) < 4.78 is 14.5. The lowest BCUT2D eigenvalue weighted by atomic mass is 9.96. The van der Waals surface area contributed by atoms with Gasteiger partial charge in [0.25, 0.3) is 5.56 Å². The Morgan fingerprint density at radius 2 is 1.94 bits per heavy atom. The van der Waals surface area contributed by atoms with E-state index in [9.17, 15) is 9.59 Å². The number of thiazole rings is 1. The Hall–Kier alpha value is -2.69. The third kappa shape index (κ3) is 4.94. The van der Waals surface area contributed by atoms with Crippen molar-refractivity contribution >= 4 is 60.9 Å². The molecule has 1 aliphatic rings. The van der Waals surface area contributed by atoms with Crippen molar-refractivity contribution in [3.05, 3.63) is 87.4 Å². The minimum absolute atomic E-state index is 0.219. The molecule has 0 fully saturated rings. The molecule has 0 bridgehead atoms. The van der Waals surface area contributed by atoms with Gasteiger partial charge in [0.1, 0.15) is 5.75 Å². The van der Waals surface area contributed by atoms with Crippen molar-refractivity contribution < 1.29 is 14.3 Å². The molecule has 3 aromatic rings. The molecule has 4 rings (SSSR count). The average molecular weight is 635 g/mol. The Bertz CT molecular complexity index is 1560. The van der Waals surface area contributed by atoms with E-state index in [1.54, 1.807) is 31.6 Å². The summed E-state index contributed by atoms with van der Waals surface area (Å²) in [6, 6.07) is 10.8. The van der Waals surface area contributed by atoms with Gasteiger partial charge in [0.05, 0.1) is 45.7 Å². The molecule has 188 valence electrons. The van der Waals surface area contributed by atoms with E-state index in [1.165, 1.54) is 11.3 Å². The second-order valence-electron chi connectivity index (χ2n) is 8.30. The van der Waals surface area contributed by atoms with E-state index in [0.29, 0.717) is 30.8 Å². The molecule has 7 nitrogen and oxygen atoms in total. The van der Waals surface area contributed by atoms with Gasteiger partial charge in [-0.1, -0.05) is 23.5 Å². The molecular weight excluding hydrogens is 610 g/mol. The highest BCUT2D eigenvalue weighted by Gasteiger charge is 2.33. The summed E-state index contributed by atoms with van der Waals surface area (Å²) in [4.78, 5) is 34.0. The van der Waals surface area contributed by atoms with E-state index in [4.69, 9.17) is 9.47 Å². The van der Waals surface area contributed by atoms with Gasteiger partial charge < -0.3 is 14.4 Å². The molecule has 1 unspecified atom stereocenters. The van der Waals surface area contributed by atoms with E-state index >= 15 is 0 Å². The van der Waals surface area contributed by atoms with Crippen molar-refractivity contribution in [2.24, 2.45) is 4.99 Å². The van der Waals surface area contributed by atoms with Crippen molar-refractivity contribution in [2.75, 3.05) is 32.7 Å². The maximum Gasteiger partial charge on any atom is 0.338 e. The maximum absolute atomic E-state index is 13.8. The molecule has 0 aliphatic carbocycles. The number of carbonyl (C=O) groups excluding carboxylic acids is 1. The van der Waals surface area contributed by atoms with E-state index < -0.39 is 12.0 Å². The fraction of sp³-hybridized carbons (Fsp3) is 0.269. The molecule has 0 amide bonds. The van der Waals surface area contributed by atoms with Crippen LogP contribution in [0.2, 0.25) is 0 Å². The van der Waals surface area contributed by atoms with Crippen LogP contribution in [0.3, 0.4) is 0 Å². The number of allylic oxidation sites excluding steroid dienone is 1. The number of ether oxygens (including phenoxy) is 2. The molecule has 0 radical (unpaired) electrons. The monoisotopic (exact) mass is 633 g/mol. The van der Waals surface area contributed by atoms with Crippen molar-refractivity contribution in [1.29, 1.82) is 0 Å². The number of fused-ring (bicyclic) bond motifs is 1. The second-order valence-corrected chi connectivity index (χ2v) is 11.0. The van der Waals surface area contributed by atoms with Crippen LogP contribution in [0.1, 0.15) is 31.0 Å². The van der Waals surface area contributed by atoms with Gasteiger partial charge >= 0.3 is 5.97 Å². The predicted molar refractivity (Wildman–Crippen MR) is 150 cm³/mol. The highest BCUT2D eigenvalue weighted by Crippen LogP contribution is 2.35. The fourth-order valence-electron chi connectivity index (χ4n) is 4.09. The number of rotatable bonds is 6. The van der Waals surface area contributed by atoms with Gasteiger partial charge in [0.2, 0.25) is 0 Å². The highest BCUT2D eigenvalue weighted by molar-refractivity contribution is 9.11. The number of carbonyl (C=O) groups is 1. The highest BCUT2D eigenvalue weighted by atomic mass is 79.9. The van der Waals surface area contributed by atoms with Gasteiger partial charge in [-0.15, -0.1) is 0 Å². The molecule has 2 heterocycles. The predicted octanol–water partition coefficient (Wildman–Crippen LogP) is 4.40. The Morgan fingerprint density at radius 1 is 1.19 bits per heavy atom. The average Bonchev–Trinajstić information content (AvgIpc) is 3.12. The summed E-state index contributed by atoms with van der Waals surface area (Å²) in [5.41, 5.74) is 3.29. The van der Waals surface area contributed by atoms with Crippen LogP contribution < -0.4 is 24.5 Å². The number of nitrogens with zero attached hydrogens (tertiary/aromatic N) is 3. The van der Waals surface area contributed by atoms with E-state index in [1.807, 2.05) is 55.4 Å². The topological polar surface area (TPSA) is 73.1 Å². The maximum atomic E-state index is 13.8. The minimum atomic E-state index is -0.687. The minimum Gasteiger partial charge on any atom is -0.496 e. The van der Waals surface area contributed by atoms with Crippen LogP contribution in [0.15, 0.2) is 66.4 Å². The first-order valence-corrected chi connectivity index (χ1v) is 13.6. The summed E-state index contributed by atoms with van der Waals surface area (Å²) in [5, 5.41) is 0. The van der Waals surface area contributed by atoms with Gasteiger partial charge in [0, 0.05) is 18.6 Å². The van der Waals surface area contributed by atoms with Crippen LogP contribution in [-0.2, 0) is 9.53 Å². The molecule has 0 saturated carbocycles. The lowest BCUT2D eigenvalue weighted by Crippen LogP contribution is -2.40. The lowest BCUT2D eigenvalue weighted by molar-refractivity contribution is -0.139. The molecule has 36 heavy (non-hydrogen) atoms. The van der Waals surface area contributed by atoms with Crippen molar-refractivity contribution in [3.63, 3.8) is 0 Å². The van der Waals surface area contributed by atoms with E-state index in [2.05, 4.69) is 36.9 Å². The molecule has 1 aromatic heterocycles. The number of benzene rings is 2. The fourth-order valence-corrected chi connectivity index (χ4v) is 6.44. The number of halogens is 2. The molecule has 1 atom stereocenters. The van der Waals surface area contributed by atoms with Crippen LogP contribution in [0.25, 0.3) is 6.08 Å². The van der Waals surface area contributed by atoms with Crippen LogP contribution in [0, 0.1) is 0 Å². The summed E-state index contributed by atoms with van der Waals surface area (Å²) in [5.74, 6) is 0.157. The zero-order chi connectivity index (χ0) is 26.1. The SMILES string of the molecule is CCOC(=O)C1=C(C)N=c2sc(=Cc3ccc(N(C)C)c(Br)c3)c(=O)n2C1c1ccc(OC)c(Br)c1. The molecule has 0 N–H and O–H groups in total. The Balaban J connectivity index is 1.93. The van der Waals surface area contributed by atoms with E-state index in [-0.39, 0.29) is 12.2 Å². The zero-order valence-electron chi connectivity index (χ0n) is 20.5. The summed E-state index contributed by atoms with van der Waals surface area (Å²) in [7, 11) is 5.53.